The van der Waals surface area contributed by atoms with E-state index in [1.54, 1.807) is 7.11 Å². The third-order valence-corrected chi connectivity index (χ3v) is 3.79. The van der Waals surface area contributed by atoms with E-state index >= 15 is 0 Å². The van der Waals surface area contributed by atoms with Gasteiger partial charge in [0.05, 0.1) is 6.61 Å². The summed E-state index contributed by atoms with van der Waals surface area (Å²) in [4.78, 5) is 24.4. The number of nitrogens with one attached hydrogen (secondary N) is 2. The van der Waals surface area contributed by atoms with Crippen LogP contribution >= 0.6 is 0 Å². The van der Waals surface area contributed by atoms with Gasteiger partial charge >= 0.3 is 6.09 Å². The molecule has 0 aliphatic heterocycles. The van der Waals surface area contributed by atoms with Crippen LogP contribution in [0.25, 0.3) is 0 Å². The van der Waals surface area contributed by atoms with Crippen molar-refractivity contribution in [3.63, 3.8) is 0 Å². The Morgan fingerprint density at radius 2 is 1.79 bits per heavy atom. The molecule has 0 aliphatic carbocycles. The molecule has 0 saturated carbocycles. The van der Waals surface area contributed by atoms with Crippen LogP contribution in [0.15, 0.2) is 30.3 Å². The average molecular weight is 336 g/mol. The highest BCUT2D eigenvalue weighted by Gasteiger charge is 2.27. The Kier molecular flexibility index (Phi) is 8.86. The summed E-state index contributed by atoms with van der Waals surface area (Å²) in [5.74, 6) is -0.241. The lowest BCUT2D eigenvalue weighted by molar-refractivity contribution is -0.125. The summed E-state index contributed by atoms with van der Waals surface area (Å²) < 4.78 is 10.2. The van der Waals surface area contributed by atoms with Crippen LogP contribution < -0.4 is 10.6 Å². The third kappa shape index (κ3) is 7.00. The molecule has 0 bridgehead atoms. The molecule has 0 spiro atoms. The highest BCUT2D eigenvalue weighted by Crippen LogP contribution is 2.09. The topological polar surface area (TPSA) is 76.7 Å². The number of rotatable bonds is 9. The summed E-state index contributed by atoms with van der Waals surface area (Å²) in [6.07, 6.45) is 0.161. The number of carbonyl (C=O) groups is 2. The molecule has 0 heterocycles. The maximum absolute atomic E-state index is 12.4. The largest absolute Gasteiger partial charge is 0.445 e. The van der Waals surface area contributed by atoms with Crippen LogP contribution in [-0.2, 0) is 20.9 Å². The zero-order valence-corrected chi connectivity index (χ0v) is 14.9. The first kappa shape index (κ1) is 20.0. The fourth-order valence-electron chi connectivity index (χ4n) is 2.22. The van der Waals surface area contributed by atoms with Crippen LogP contribution in [-0.4, -0.2) is 37.8 Å². The van der Waals surface area contributed by atoms with E-state index in [0.29, 0.717) is 6.61 Å². The number of carbonyl (C=O) groups excluding carboxylic acids is 2. The van der Waals surface area contributed by atoms with Crippen molar-refractivity contribution in [3.8, 4) is 0 Å². The highest BCUT2D eigenvalue weighted by atomic mass is 16.5. The molecule has 2 N–H and O–H groups in total. The van der Waals surface area contributed by atoms with Crippen molar-refractivity contribution >= 4 is 12.0 Å². The summed E-state index contributed by atoms with van der Waals surface area (Å²) in [6, 6.07) is 8.63. The second-order valence-corrected chi connectivity index (χ2v) is 5.93. The molecule has 24 heavy (non-hydrogen) atoms. The van der Waals surface area contributed by atoms with Gasteiger partial charge in [0, 0.05) is 13.2 Å². The zero-order chi connectivity index (χ0) is 17.9. The van der Waals surface area contributed by atoms with E-state index in [9.17, 15) is 9.59 Å². The minimum absolute atomic E-state index is 0.0102. The Morgan fingerprint density at radius 1 is 1.12 bits per heavy atom. The predicted octanol–water partition coefficient (Wildman–Crippen LogP) is 2.48. The maximum atomic E-state index is 12.4. The van der Waals surface area contributed by atoms with Gasteiger partial charge in [-0.1, -0.05) is 50.6 Å². The molecule has 1 aromatic rings. The van der Waals surface area contributed by atoms with Gasteiger partial charge in [0.1, 0.15) is 12.6 Å². The van der Waals surface area contributed by atoms with E-state index < -0.39 is 12.1 Å². The van der Waals surface area contributed by atoms with Crippen molar-refractivity contribution in [1.29, 1.82) is 0 Å². The minimum Gasteiger partial charge on any atom is -0.445 e. The van der Waals surface area contributed by atoms with Gasteiger partial charge in [0.2, 0.25) is 5.91 Å². The molecule has 6 nitrogen and oxygen atoms in total. The summed E-state index contributed by atoms with van der Waals surface area (Å²) in [5.41, 5.74) is 0.894. The predicted molar refractivity (Wildman–Crippen MR) is 92.5 cm³/mol. The number of benzene rings is 1. The lowest BCUT2D eigenvalue weighted by Crippen LogP contribution is -2.52. The van der Waals surface area contributed by atoms with Crippen LogP contribution in [0, 0.1) is 5.92 Å². The van der Waals surface area contributed by atoms with Gasteiger partial charge in [0.15, 0.2) is 0 Å². The summed E-state index contributed by atoms with van der Waals surface area (Å²) in [6.45, 7) is 6.32. The number of hydrogen-bond donors (Lipinski definition) is 2. The lowest BCUT2D eigenvalue weighted by Gasteiger charge is -2.25. The van der Waals surface area contributed by atoms with Gasteiger partial charge in [0.25, 0.3) is 0 Å². The number of methoxy groups -OCH3 is 1. The van der Waals surface area contributed by atoms with Crippen molar-refractivity contribution in [2.75, 3.05) is 13.7 Å². The number of ether oxygens (including phenoxy) is 2. The molecule has 0 radical (unpaired) electrons. The Balaban J connectivity index is 2.58. The average Bonchev–Trinajstić information content (AvgIpc) is 2.58. The van der Waals surface area contributed by atoms with E-state index in [0.717, 1.165) is 12.0 Å². The Labute approximate surface area is 143 Å². The quantitative estimate of drug-likeness (QED) is 0.726. The van der Waals surface area contributed by atoms with Crippen molar-refractivity contribution < 1.29 is 19.1 Å². The number of amides is 2. The monoisotopic (exact) mass is 336 g/mol. The molecular weight excluding hydrogens is 308 g/mol. The highest BCUT2D eigenvalue weighted by molar-refractivity contribution is 5.86. The number of alkyl carbamates (subject to hydrolysis) is 1. The van der Waals surface area contributed by atoms with Crippen molar-refractivity contribution in [2.24, 2.45) is 5.92 Å². The van der Waals surface area contributed by atoms with Gasteiger partial charge in [-0.3, -0.25) is 4.79 Å². The molecule has 2 amide bonds. The first-order valence-electron chi connectivity index (χ1n) is 8.24. The first-order chi connectivity index (χ1) is 11.5. The molecule has 0 saturated heterocycles. The van der Waals surface area contributed by atoms with Crippen LogP contribution in [0.5, 0.6) is 0 Å². The smallest absolute Gasteiger partial charge is 0.408 e. The van der Waals surface area contributed by atoms with E-state index in [4.69, 9.17) is 9.47 Å². The molecular formula is C18H28N2O4. The second kappa shape index (κ2) is 10.6. The third-order valence-electron chi connectivity index (χ3n) is 3.79. The molecule has 134 valence electrons. The molecule has 0 aliphatic rings. The summed E-state index contributed by atoms with van der Waals surface area (Å²) in [5, 5.41) is 5.51. The zero-order valence-electron chi connectivity index (χ0n) is 14.9. The second-order valence-electron chi connectivity index (χ2n) is 5.93. The van der Waals surface area contributed by atoms with E-state index in [1.807, 2.05) is 51.1 Å². The maximum Gasteiger partial charge on any atom is 0.408 e. The molecule has 0 unspecified atom stereocenters. The van der Waals surface area contributed by atoms with Gasteiger partial charge in [-0.15, -0.1) is 0 Å². The fraction of sp³-hybridized carbons (Fsp3) is 0.556. The molecule has 1 rings (SSSR count). The van der Waals surface area contributed by atoms with E-state index in [2.05, 4.69) is 10.6 Å². The van der Waals surface area contributed by atoms with E-state index in [1.165, 1.54) is 0 Å². The summed E-state index contributed by atoms with van der Waals surface area (Å²) in [7, 11) is 1.58. The number of hydrogen-bond acceptors (Lipinski definition) is 4. The fourth-order valence-corrected chi connectivity index (χ4v) is 2.22. The Bertz CT molecular complexity index is 507. The molecule has 6 heteroatoms. The van der Waals surface area contributed by atoms with Gasteiger partial charge in [-0.25, -0.2) is 4.79 Å². The van der Waals surface area contributed by atoms with E-state index in [-0.39, 0.29) is 24.5 Å². The van der Waals surface area contributed by atoms with Crippen molar-refractivity contribution in [1.82, 2.24) is 10.6 Å². The normalized spacial score (nSPS) is 14.3. The Morgan fingerprint density at radius 3 is 2.38 bits per heavy atom. The van der Waals surface area contributed by atoms with Crippen molar-refractivity contribution in [2.45, 2.75) is 45.9 Å². The lowest BCUT2D eigenvalue weighted by atomic mass is 9.98. The van der Waals surface area contributed by atoms with Crippen LogP contribution in [0.4, 0.5) is 4.79 Å². The molecule has 0 fully saturated rings. The van der Waals surface area contributed by atoms with Gasteiger partial charge < -0.3 is 20.1 Å². The summed E-state index contributed by atoms with van der Waals surface area (Å²) >= 11 is 0. The first-order valence-corrected chi connectivity index (χ1v) is 8.24. The molecule has 1 aromatic carbocycles. The van der Waals surface area contributed by atoms with Gasteiger partial charge in [-0.2, -0.15) is 0 Å². The molecule has 3 atom stereocenters. The van der Waals surface area contributed by atoms with Crippen LogP contribution in [0.2, 0.25) is 0 Å². The van der Waals surface area contributed by atoms with Crippen molar-refractivity contribution in [3.05, 3.63) is 35.9 Å². The Hall–Kier alpha value is -2.08. The van der Waals surface area contributed by atoms with Crippen LogP contribution in [0.3, 0.4) is 0 Å². The van der Waals surface area contributed by atoms with Gasteiger partial charge in [-0.05, 0) is 18.4 Å². The molecule has 0 aromatic heterocycles. The SMILES string of the molecule is CC[C@H](C)[C@H](NC(=O)OCc1ccccc1)C(=O)N[C@H](C)COC. The standard InChI is InChI=1S/C18H28N2O4/c1-5-13(2)16(17(21)19-14(3)11-23-4)20-18(22)24-12-15-9-7-6-8-10-15/h6-10,13-14,16H,5,11-12H2,1-4H3,(H,19,21)(H,20,22)/t13-,14+,16-/m0/s1. The minimum atomic E-state index is -0.641. The van der Waals surface area contributed by atoms with Crippen LogP contribution in [0.1, 0.15) is 32.8 Å².